The summed E-state index contributed by atoms with van der Waals surface area (Å²) in [7, 11) is 1.59. The lowest BCUT2D eigenvalue weighted by molar-refractivity contribution is 0.397. The summed E-state index contributed by atoms with van der Waals surface area (Å²) in [4.78, 5) is 4.18. The van der Waals surface area contributed by atoms with E-state index in [9.17, 15) is 0 Å². The maximum atomic E-state index is 5.26. The van der Waals surface area contributed by atoms with Gasteiger partial charge in [-0.05, 0) is 13.0 Å². The molecule has 1 aromatic heterocycles. The van der Waals surface area contributed by atoms with Crippen molar-refractivity contribution in [2.75, 3.05) is 13.7 Å². The van der Waals surface area contributed by atoms with Gasteiger partial charge in [0.05, 0.1) is 19.3 Å². The van der Waals surface area contributed by atoms with Crippen molar-refractivity contribution >= 4 is 0 Å². The van der Waals surface area contributed by atoms with E-state index in [1.165, 1.54) is 0 Å². The number of pyridine rings is 1. The van der Waals surface area contributed by atoms with Gasteiger partial charge in [-0.2, -0.15) is 0 Å². The van der Waals surface area contributed by atoms with Crippen molar-refractivity contribution in [3.05, 3.63) is 23.4 Å². The Morgan fingerprint density at radius 3 is 2.85 bits per heavy atom. The van der Waals surface area contributed by atoms with Crippen LogP contribution in [0.15, 0.2) is 12.1 Å². The highest BCUT2D eigenvalue weighted by Crippen LogP contribution is 2.10. The molecule has 0 aliphatic rings. The molecule has 3 heteroatoms. The van der Waals surface area contributed by atoms with E-state index >= 15 is 0 Å². The summed E-state index contributed by atoms with van der Waals surface area (Å²) in [6, 6.07) is 3.66. The summed E-state index contributed by atoms with van der Waals surface area (Å²) in [6.07, 6.45) is 0. The summed E-state index contributed by atoms with van der Waals surface area (Å²) in [5.74, 6) is 6.32. The van der Waals surface area contributed by atoms with Gasteiger partial charge in [-0.3, -0.25) is 0 Å². The smallest absolute Gasteiger partial charge is 0.213 e. The third-order valence-corrected chi connectivity index (χ3v) is 1.59. The number of nitrogens with zero attached hydrogens (tertiary/aromatic N) is 1. The summed E-state index contributed by atoms with van der Waals surface area (Å²) in [6.45, 7) is 2.26. The van der Waals surface area contributed by atoms with Crippen LogP contribution in [0.1, 0.15) is 11.3 Å². The minimum Gasteiger partial charge on any atom is -0.481 e. The van der Waals surface area contributed by atoms with Gasteiger partial charge in [-0.25, -0.2) is 4.98 Å². The highest BCUT2D eigenvalue weighted by atomic mass is 16.5. The lowest BCUT2D eigenvalue weighted by Gasteiger charge is -2.00. The van der Waals surface area contributed by atoms with Crippen molar-refractivity contribution in [3.8, 4) is 17.7 Å². The van der Waals surface area contributed by atoms with Crippen LogP contribution in [0.5, 0.6) is 5.88 Å². The second-order valence-corrected chi connectivity index (χ2v) is 2.49. The SMILES string of the molecule is COc1ccc(C#CCN)c(C)n1. The van der Waals surface area contributed by atoms with Gasteiger partial charge in [0.1, 0.15) is 0 Å². The first-order valence-electron chi connectivity index (χ1n) is 3.98. The molecule has 1 aromatic rings. The Hall–Kier alpha value is -1.53. The molecule has 1 rings (SSSR count). The molecule has 2 N–H and O–H groups in total. The van der Waals surface area contributed by atoms with Crippen LogP contribution in [-0.4, -0.2) is 18.6 Å². The molecule has 0 saturated carbocycles. The fourth-order valence-electron chi connectivity index (χ4n) is 0.930. The van der Waals surface area contributed by atoms with E-state index in [2.05, 4.69) is 16.8 Å². The molecule has 0 spiro atoms. The minimum absolute atomic E-state index is 0.367. The molecule has 0 radical (unpaired) electrons. The predicted molar refractivity (Wildman–Crippen MR) is 51.5 cm³/mol. The molecule has 0 bridgehead atoms. The normalized spacial score (nSPS) is 8.85. The summed E-state index contributed by atoms with van der Waals surface area (Å²) >= 11 is 0. The standard InChI is InChI=1S/C10H12N2O/c1-8-9(4-3-7-11)5-6-10(12-8)13-2/h5-6H,7,11H2,1-2H3. The molecule has 3 nitrogen and oxygen atoms in total. The molecule has 0 aliphatic heterocycles. The van der Waals surface area contributed by atoms with Crippen LogP contribution >= 0.6 is 0 Å². The van der Waals surface area contributed by atoms with Crippen LogP contribution in [-0.2, 0) is 0 Å². The first-order chi connectivity index (χ1) is 6.27. The fourth-order valence-corrected chi connectivity index (χ4v) is 0.930. The number of aryl methyl sites for hydroxylation is 1. The Kier molecular flexibility index (Phi) is 3.30. The Labute approximate surface area is 77.9 Å². The van der Waals surface area contributed by atoms with Crippen LogP contribution in [0.4, 0.5) is 0 Å². The van der Waals surface area contributed by atoms with Crippen molar-refractivity contribution in [1.29, 1.82) is 0 Å². The first-order valence-corrected chi connectivity index (χ1v) is 3.98. The van der Waals surface area contributed by atoms with E-state index in [4.69, 9.17) is 10.5 Å². The Morgan fingerprint density at radius 1 is 1.54 bits per heavy atom. The fraction of sp³-hybridized carbons (Fsp3) is 0.300. The van der Waals surface area contributed by atoms with Crippen molar-refractivity contribution in [3.63, 3.8) is 0 Å². The molecule has 0 aromatic carbocycles. The van der Waals surface area contributed by atoms with E-state index in [1.54, 1.807) is 13.2 Å². The first kappa shape index (κ1) is 9.56. The second kappa shape index (κ2) is 4.48. The van der Waals surface area contributed by atoms with Crippen LogP contribution in [0, 0.1) is 18.8 Å². The molecule has 68 valence electrons. The van der Waals surface area contributed by atoms with Crippen LogP contribution in [0.3, 0.4) is 0 Å². The summed E-state index contributed by atoms with van der Waals surface area (Å²) in [5.41, 5.74) is 7.02. The quantitative estimate of drug-likeness (QED) is 0.641. The van der Waals surface area contributed by atoms with Crippen molar-refractivity contribution < 1.29 is 4.74 Å². The lowest BCUT2D eigenvalue weighted by Crippen LogP contribution is -1.95. The number of nitrogens with two attached hydrogens (primary N) is 1. The zero-order valence-corrected chi connectivity index (χ0v) is 7.79. The van der Waals surface area contributed by atoms with Gasteiger partial charge in [0, 0.05) is 11.6 Å². The van der Waals surface area contributed by atoms with Crippen LogP contribution in [0.2, 0.25) is 0 Å². The molecular weight excluding hydrogens is 164 g/mol. The van der Waals surface area contributed by atoms with Gasteiger partial charge in [0.25, 0.3) is 0 Å². The predicted octanol–water partition coefficient (Wildman–Crippen LogP) is 0.709. The number of ether oxygens (including phenoxy) is 1. The Bertz CT molecular complexity index is 350. The zero-order chi connectivity index (χ0) is 9.68. The highest BCUT2D eigenvalue weighted by Gasteiger charge is 1.97. The van der Waals surface area contributed by atoms with Crippen LogP contribution in [0.25, 0.3) is 0 Å². The zero-order valence-electron chi connectivity index (χ0n) is 7.79. The maximum absolute atomic E-state index is 5.26. The number of hydrogen-bond donors (Lipinski definition) is 1. The van der Waals surface area contributed by atoms with Gasteiger partial charge >= 0.3 is 0 Å². The number of methoxy groups -OCH3 is 1. The average Bonchev–Trinajstić information content (AvgIpc) is 2.16. The monoisotopic (exact) mass is 176 g/mol. The number of hydrogen-bond acceptors (Lipinski definition) is 3. The molecule has 0 aliphatic carbocycles. The minimum atomic E-state index is 0.367. The maximum Gasteiger partial charge on any atom is 0.213 e. The third kappa shape index (κ3) is 2.46. The molecule has 0 atom stereocenters. The van der Waals surface area contributed by atoms with E-state index in [0.717, 1.165) is 11.3 Å². The Morgan fingerprint density at radius 2 is 2.31 bits per heavy atom. The van der Waals surface area contributed by atoms with Gasteiger partial charge in [-0.15, -0.1) is 0 Å². The van der Waals surface area contributed by atoms with Gasteiger partial charge in [0.2, 0.25) is 5.88 Å². The van der Waals surface area contributed by atoms with Gasteiger partial charge in [-0.1, -0.05) is 11.8 Å². The lowest BCUT2D eigenvalue weighted by atomic mass is 10.2. The summed E-state index contributed by atoms with van der Waals surface area (Å²) in [5, 5.41) is 0. The van der Waals surface area contributed by atoms with Gasteiger partial charge in [0.15, 0.2) is 0 Å². The number of aromatic nitrogens is 1. The molecular formula is C10H12N2O. The van der Waals surface area contributed by atoms with Crippen molar-refractivity contribution in [1.82, 2.24) is 4.98 Å². The van der Waals surface area contributed by atoms with Crippen LogP contribution < -0.4 is 10.5 Å². The van der Waals surface area contributed by atoms with Gasteiger partial charge < -0.3 is 10.5 Å². The average molecular weight is 176 g/mol. The van der Waals surface area contributed by atoms with Crippen molar-refractivity contribution in [2.24, 2.45) is 5.73 Å². The topological polar surface area (TPSA) is 48.1 Å². The largest absolute Gasteiger partial charge is 0.481 e. The molecule has 0 amide bonds. The molecule has 0 unspecified atom stereocenters. The summed E-state index contributed by atoms with van der Waals surface area (Å²) < 4.78 is 4.97. The Balaban J connectivity index is 2.98. The number of rotatable bonds is 1. The molecule has 0 fully saturated rings. The van der Waals surface area contributed by atoms with E-state index in [-0.39, 0.29) is 0 Å². The third-order valence-electron chi connectivity index (χ3n) is 1.59. The molecule has 13 heavy (non-hydrogen) atoms. The van der Waals surface area contributed by atoms with E-state index < -0.39 is 0 Å². The molecule has 0 saturated heterocycles. The highest BCUT2D eigenvalue weighted by molar-refractivity contribution is 5.39. The van der Waals surface area contributed by atoms with E-state index in [1.807, 2.05) is 13.0 Å². The molecule has 1 heterocycles. The van der Waals surface area contributed by atoms with Crippen molar-refractivity contribution in [2.45, 2.75) is 6.92 Å². The van der Waals surface area contributed by atoms with E-state index in [0.29, 0.717) is 12.4 Å². The second-order valence-electron chi connectivity index (χ2n) is 2.49.